The van der Waals surface area contributed by atoms with Crippen LogP contribution in [0.4, 0.5) is 5.82 Å². The highest BCUT2D eigenvalue weighted by atomic mass is 35.5. The van der Waals surface area contributed by atoms with Gasteiger partial charge in [-0.25, -0.2) is 0 Å². The number of hydrogen-bond acceptors (Lipinski definition) is 3. The molecule has 0 amide bonds. The molecule has 0 spiro atoms. The minimum atomic E-state index is 0.772. The van der Waals surface area contributed by atoms with Crippen molar-refractivity contribution >= 4 is 28.8 Å². The summed E-state index contributed by atoms with van der Waals surface area (Å²) in [6.07, 6.45) is 1.91. The van der Waals surface area contributed by atoms with Crippen molar-refractivity contribution in [2.75, 3.05) is 5.32 Å². The molecule has 0 aromatic carbocycles. The summed E-state index contributed by atoms with van der Waals surface area (Å²) >= 11 is 7.40. The molecular formula is C9H10ClN3S. The molecule has 3 nitrogen and oxygen atoms in total. The van der Waals surface area contributed by atoms with Crippen molar-refractivity contribution in [3.63, 3.8) is 0 Å². The molecule has 0 saturated carbocycles. The zero-order valence-electron chi connectivity index (χ0n) is 7.70. The van der Waals surface area contributed by atoms with Gasteiger partial charge in [0.1, 0.15) is 5.82 Å². The molecule has 2 rings (SSSR count). The van der Waals surface area contributed by atoms with Crippen LogP contribution in [0.2, 0.25) is 4.34 Å². The molecule has 2 aromatic heterocycles. The van der Waals surface area contributed by atoms with Crippen LogP contribution in [-0.4, -0.2) is 9.78 Å². The predicted octanol–water partition coefficient (Wildman–Crippen LogP) is 2.75. The second kappa shape index (κ2) is 4.02. The van der Waals surface area contributed by atoms with Gasteiger partial charge >= 0.3 is 0 Å². The Morgan fingerprint density at radius 2 is 2.36 bits per heavy atom. The highest BCUT2D eigenvalue weighted by Gasteiger charge is 1.99. The SMILES string of the molecule is Cn1ccc(NCc2ccc(Cl)s2)n1. The van der Waals surface area contributed by atoms with Gasteiger partial charge in [0.15, 0.2) is 0 Å². The number of anilines is 1. The maximum Gasteiger partial charge on any atom is 0.148 e. The van der Waals surface area contributed by atoms with Crippen LogP contribution in [0.3, 0.4) is 0 Å². The molecule has 0 fully saturated rings. The Kier molecular flexibility index (Phi) is 2.74. The second-order valence-corrected chi connectivity index (χ2v) is 4.73. The van der Waals surface area contributed by atoms with Crippen molar-refractivity contribution in [2.24, 2.45) is 7.05 Å². The molecule has 1 N–H and O–H groups in total. The van der Waals surface area contributed by atoms with Gasteiger partial charge in [-0.2, -0.15) is 5.10 Å². The fourth-order valence-corrected chi connectivity index (χ4v) is 2.16. The van der Waals surface area contributed by atoms with Crippen molar-refractivity contribution in [1.82, 2.24) is 9.78 Å². The second-order valence-electron chi connectivity index (χ2n) is 2.93. The Morgan fingerprint density at radius 1 is 1.50 bits per heavy atom. The van der Waals surface area contributed by atoms with Gasteiger partial charge in [0.05, 0.1) is 10.9 Å². The lowest BCUT2D eigenvalue weighted by molar-refractivity contribution is 0.768. The van der Waals surface area contributed by atoms with Crippen molar-refractivity contribution in [3.8, 4) is 0 Å². The van der Waals surface area contributed by atoms with E-state index in [9.17, 15) is 0 Å². The van der Waals surface area contributed by atoms with Crippen LogP contribution < -0.4 is 5.32 Å². The largest absolute Gasteiger partial charge is 0.364 e. The van der Waals surface area contributed by atoms with Crippen LogP contribution in [0.25, 0.3) is 0 Å². The molecule has 0 atom stereocenters. The number of aromatic nitrogens is 2. The van der Waals surface area contributed by atoms with Crippen molar-refractivity contribution in [1.29, 1.82) is 0 Å². The summed E-state index contributed by atoms with van der Waals surface area (Å²) in [6, 6.07) is 5.86. The van der Waals surface area contributed by atoms with Crippen LogP contribution in [0.1, 0.15) is 4.88 Å². The van der Waals surface area contributed by atoms with E-state index in [1.54, 1.807) is 16.0 Å². The molecule has 5 heteroatoms. The molecule has 2 heterocycles. The minimum Gasteiger partial charge on any atom is -0.364 e. The van der Waals surface area contributed by atoms with E-state index in [0.717, 1.165) is 16.7 Å². The first kappa shape index (κ1) is 9.55. The van der Waals surface area contributed by atoms with Crippen molar-refractivity contribution < 1.29 is 0 Å². The average Bonchev–Trinajstić information content (AvgIpc) is 2.72. The summed E-state index contributed by atoms with van der Waals surface area (Å²) in [6.45, 7) is 0.772. The van der Waals surface area contributed by atoms with Gasteiger partial charge in [0, 0.05) is 24.2 Å². The van der Waals surface area contributed by atoms with E-state index in [-0.39, 0.29) is 0 Å². The van der Waals surface area contributed by atoms with Gasteiger partial charge in [0.2, 0.25) is 0 Å². The lowest BCUT2D eigenvalue weighted by Gasteiger charge is -1.98. The Morgan fingerprint density at radius 3 is 2.93 bits per heavy atom. The Hall–Kier alpha value is -1.00. The minimum absolute atomic E-state index is 0.772. The summed E-state index contributed by atoms with van der Waals surface area (Å²) in [5, 5.41) is 7.42. The molecule has 0 bridgehead atoms. The van der Waals surface area contributed by atoms with Crippen LogP contribution in [0.15, 0.2) is 24.4 Å². The zero-order valence-corrected chi connectivity index (χ0v) is 9.27. The lowest BCUT2D eigenvalue weighted by atomic mass is 10.4. The number of nitrogens with zero attached hydrogens (tertiary/aromatic N) is 2. The van der Waals surface area contributed by atoms with E-state index in [4.69, 9.17) is 11.6 Å². The van der Waals surface area contributed by atoms with Crippen LogP contribution in [0, 0.1) is 0 Å². The average molecular weight is 228 g/mol. The number of nitrogens with one attached hydrogen (secondary N) is 1. The third-order valence-electron chi connectivity index (χ3n) is 1.79. The van der Waals surface area contributed by atoms with Gasteiger partial charge in [-0.05, 0) is 12.1 Å². The lowest BCUT2D eigenvalue weighted by Crippen LogP contribution is -1.98. The van der Waals surface area contributed by atoms with E-state index in [0.29, 0.717) is 0 Å². The third-order valence-corrected chi connectivity index (χ3v) is 3.02. The summed E-state index contributed by atoms with van der Waals surface area (Å²) < 4.78 is 2.59. The van der Waals surface area contributed by atoms with Gasteiger partial charge in [-0.1, -0.05) is 11.6 Å². The van der Waals surface area contributed by atoms with Gasteiger partial charge in [-0.15, -0.1) is 11.3 Å². The number of rotatable bonds is 3. The van der Waals surface area contributed by atoms with Gasteiger partial charge in [-0.3, -0.25) is 4.68 Å². The molecule has 0 unspecified atom stereocenters. The first-order chi connectivity index (χ1) is 6.74. The molecule has 0 radical (unpaired) electrons. The first-order valence-electron chi connectivity index (χ1n) is 4.22. The van der Waals surface area contributed by atoms with Crippen LogP contribution in [-0.2, 0) is 13.6 Å². The molecule has 0 aliphatic carbocycles. The van der Waals surface area contributed by atoms with Crippen molar-refractivity contribution in [3.05, 3.63) is 33.6 Å². The van der Waals surface area contributed by atoms with Crippen LogP contribution in [0.5, 0.6) is 0 Å². The van der Waals surface area contributed by atoms with Crippen LogP contribution >= 0.6 is 22.9 Å². The number of aryl methyl sites for hydroxylation is 1. The number of halogens is 1. The van der Waals surface area contributed by atoms with Gasteiger partial charge in [0.25, 0.3) is 0 Å². The van der Waals surface area contributed by atoms with Crippen molar-refractivity contribution in [2.45, 2.75) is 6.54 Å². The Balaban J connectivity index is 1.94. The standard InChI is InChI=1S/C9H10ClN3S/c1-13-5-4-9(12-13)11-6-7-2-3-8(10)14-7/h2-5H,6H2,1H3,(H,11,12). The topological polar surface area (TPSA) is 29.9 Å². The molecule has 74 valence electrons. The fourth-order valence-electron chi connectivity index (χ4n) is 1.13. The van der Waals surface area contributed by atoms with E-state index in [1.165, 1.54) is 4.88 Å². The predicted molar refractivity (Wildman–Crippen MR) is 59.9 cm³/mol. The fraction of sp³-hybridized carbons (Fsp3) is 0.222. The monoisotopic (exact) mass is 227 g/mol. The van der Waals surface area contributed by atoms with E-state index in [2.05, 4.69) is 10.4 Å². The summed E-state index contributed by atoms with van der Waals surface area (Å²) in [4.78, 5) is 1.21. The normalized spacial score (nSPS) is 10.4. The maximum absolute atomic E-state index is 5.82. The number of thiophene rings is 1. The molecule has 0 saturated heterocycles. The summed E-state index contributed by atoms with van der Waals surface area (Å²) in [5.41, 5.74) is 0. The van der Waals surface area contributed by atoms with E-state index < -0.39 is 0 Å². The van der Waals surface area contributed by atoms with E-state index >= 15 is 0 Å². The highest BCUT2D eigenvalue weighted by molar-refractivity contribution is 7.16. The third kappa shape index (κ3) is 2.27. The molecule has 2 aromatic rings. The molecule has 14 heavy (non-hydrogen) atoms. The Labute approximate surface area is 91.3 Å². The quantitative estimate of drug-likeness (QED) is 0.874. The Bertz CT molecular complexity index is 381. The first-order valence-corrected chi connectivity index (χ1v) is 5.41. The summed E-state index contributed by atoms with van der Waals surface area (Å²) in [7, 11) is 1.90. The van der Waals surface area contributed by atoms with E-state index in [1.807, 2.05) is 31.4 Å². The maximum atomic E-state index is 5.82. The molecule has 0 aliphatic heterocycles. The number of hydrogen-bond donors (Lipinski definition) is 1. The summed E-state index contributed by atoms with van der Waals surface area (Å²) in [5.74, 6) is 0.886. The molecular weight excluding hydrogens is 218 g/mol. The zero-order chi connectivity index (χ0) is 9.97. The molecule has 0 aliphatic rings. The smallest absolute Gasteiger partial charge is 0.148 e. The van der Waals surface area contributed by atoms with Gasteiger partial charge < -0.3 is 5.32 Å². The highest BCUT2D eigenvalue weighted by Crippen LogP contribution is 2.21.